The second-order valence-electron chi connectivity index (χ2n) is 3.52. The molecule has 0 fully saturated rings. The van der Waals surface area contributed by atoms with E-state index in [2.05, 4.69) is 15.9 Å². The molecule has 0 nitrogen and oxygen atoms in total. The van der Waals surface area contributed by atoms with Crippen molar-refractivity contribution in [2.24, 2.45) is 0 Å². The maximum absolute atomic E-state index is 13.5. The van der Waals surface area contributed by atoms with Gasteiger partial charge in [0.1, 0.15) is 0 Å². The predicted octanol–water partition coefficient (Wildman–Crippen LogP) is 5.36. The molecular weight excluding hydrogens is 330 g/mol. The minimum atomic E-state index is -0.820. The Morgan fingerprint density at radius 3 is 2.71 bits per heavy atom. The van der Waals surface area contributed by atoms with Crippen LogP contribution in [0.25, 0.3) is 0 Å². The monoisotopic (exact) mass is 336 g/mol. The fourth-order valence-electron chi connectivity index (χ4n) is 1.52. The highest BCUT2D eigenvalue weighted by atomic mass is 79.9. The van der Waals surface area contributed by atoms with Crippen molar-refractivity contribution in [1.82, 2.24) is 0 Å². The zero-order valence-corrected chi connectivity index (χ0v) is 11.7. The van der Waals surface area contributed by atoms with Crippen molar-refractivity contribution < 1.29 is 8.78 Å². The van der Waals surface area contributed by atoms with Gasteiger partial charge < -0.3 is 0 Å². The maximum atomic E-state index is 13.5. The summed E-state index contributed by atoms with van der Waals surface area (Å²) in [7, 11) is 0. The van der Waals surface area contributed by atoms with Gasteiger partial charge in [-0.25, -0.2) is 8.78 Å². The van der Waals surface area contributed by atoms with Crippen molar-refractivity contribution in [2.45, 2.75) is 11.2 Å². The molecular formula is C12H8BrClF2S. The molecule has 5 heteroatoms. The van der Waals surface area contributed by atoms with Gasteiger partial charge in [0.25, 0.3) is 0 Å². The normalized spacial score (nSPS) is 12.7. The Morgan fingerprint density at radius 1 is 1.29 bits per heavy atom. The van der Waals surface area contributed by atoms with Crippen LogP contribution in [0.15, 0.2) is 29.6 Å². The summed E-state index contributed by atoms with van der Waals surface area (Å²) in [5, 5.41) is 2.52. The summed E-state index contributed by atoms with van der Waals surface area (Å²) in [5.41, 5.74) is 0.344. The molecule has 1 aromatic carbocycles. The van der Waals surface area contributed by atoms with Gasteiger partial charge in [-0.2, -0.15) is 0 Å². The minimum Gasteiger partial charge on any atom is -0.204 e. The smallest absolute Gasteiger partial charge is 0.162 e. The van der Waals surface area contributed by atoms with Crippen LogP contribution in [0.5, 0.6) is 0 Å². The van der Waals surface area contributed by atoms with E-state index in [0.717, 1.165) is 10.9 Å². The molecule has 0 spiro atoms. The summed E-state index contributed by atoms with van der Waals surface area (Å²) >= 11 is 10.9. The second-order valence-corrected chi connectivity index (χ2v) is 5.98. The van der Waals surface area contributed by atoms with E-state index >= 15 is 0 Å². The molecule has 0 saturated carbocycles. The molecule has 1 unspecified atom stereocenters. The van der Waals surface area contributed by atoms with E-state index in [1.54, 1.807) is 12.1 Å². The Labute approximate surface area is 115 Å². The average molecular weight is 338 g/mol. The molecule has 1 heterocycles. The maximum Gasteiger partial charge on any atom is 0.162 e. The quantitative estimate of drug-likeness (QED) is 0.662. The van der Waals surface area contributed by atoms with Crippen LogP contribution in [0.1, 0.15) is 15.3 Å². The third-order valence-corrected chi connectivity index (χ3v) is 4.92. The lowest BCUT2D eigenvalue weighted by molar-refractivity contribution is 0.498. The average Bonchev–Trinajstić information content (AvgIpc) is 2.71. The summed E-state index contributed by atoms with van der Waals surface area (Å²) in [6.45, 7) is 0. The number of thiophene rings is 1. The number of hydrogen-bond donors (Lipinski definition) is 0. The van der Waals surface area contributed by atoms with Crippen LogP contribution in [0, 0.1) is 11.6 Å². The van der Waals surface area contributed by atoms with Gasteiger partial charge in [-0.1, -0.05) is 39.7 Å². The third kappa shape index (κ3) is 2.87. The van der Waals surface area contributed by atoms with Crippen LogP contribution < -0.4 is 0 Å². The molecule has 1 atom stereocenters. The predicted molar refractivity (Wildman–Crippen MR) is 71.1 cm³/mol. The standard InChI is InChI=1S/C12H8BrClF2S/c13-8(12-9(14)4-5-17-12)6-7-2-1-3-10(15)11(7)16/h1-5,8H,6H2. The van der Waals surface area contributed by atoms with Crippen LogP contribution in [0.3, 0.4) is 0 Å². The molecule has 0 aliphatic rings. The third-order valence-electron chi connectivity index (χ3n) is 2.36. The Balaban J connectivity index is 2.22. The first-order valence-electron chi connectivity index (χ1n) is 4.89. The molecule has 0 radical (unpaired) electrons. The topological polar surface area (TPSA) is 0 Å². The summed E-state index contributed by atoms with van der Waals surface area (Å²) in [6, 6.07) is 5.98. The van der Waals surface area contributed by atoms with Gasteiger partial charge in [-0.15, -0.1) is 11.3 Å². The number of benzene rings is 1. The van der Waals surface area contributed by atoms with Gasteiger partial charge in [-0.3, -0.25) is 0 Å². The SMILES string of the molecule is Fc1cccc(CC(Br)c2sccc2Cl)c1F. The zero-order valence-electron chi connectivity index (χ0n) is 8.59. The van der Waals surface area contributed by atoms with E-state index in [1.165, 1.54) is 17.4 Å². The number of halogens is 4. The first-order chi connectivity index (χ1) is 8.09. The van der Waals surface area contributed by atoms with Crippen molar-refractivity contribution in [3.8, 4) is 0 Å². The van der Waals surface area contributed by atoms with Crippen LogP contribution in [0.4, 0.5) is 8.78 Å². The molecule has 0 N–H and O–H groups in total. The Morgan fingerprint density at radius 2 is 2.06 bits per heavy atom. The molecule has 1 aromatic heterocycles. The van der Waals surface area contributed by atoms with E-state index in [9.17, 15) is 8.78 Å². The lowest BCUT2D eigenvalue weighted by atomic mass is 10.1. The summed E-state index contributed by atoms with van der Waals surface area (Å²) < 4.78 is 26.5. The Bertz CT molecular complexity index is 527. The van der Waals surface area contributed by atoms with Gasteiger partial charge in [0.05, 0.1) is 9.85 Å². The van der Waals surface area contributed by atoms with E-state index < -0.39 is 11.6 Å². The van der Waals surface area contributed by atoms with Crippen LogP contribution in [0.2, 0.25) is 5.02 Å². The van der Waals surface area contributed by atoms with Crippen LogP contribution >= 0.6 is 38.9 Å². The van der Waals surface area contributed by atoms with E-state index in [0.29, 0.717) is 17.0 Å². The molecule has 90 valence electrons. The van der Waals surface area contributed by atoms with Gasteiger partial charge >= 0.3 is 0 Å². The van der Waals surface area contributed by atoms with Crippen molar-refractivity contribution in [3.63, 3.8) is 0 Å². The number of hydrogen-bond acceptors (Lipinski definition) is 1. The Hall–Kier alpha value is -0.450. The molecule has 2 aromatic rings. The van der Waals surface area contributed by atoms with Crippen LogP contribution in [-0.2, 0) is 6.42 Å². The molecule has 17 heavy (non-hydrogen) atoms. The molecule has 2 rings (SSSR count). The molecule has 0 bridgehead atoms. The summed E-state index contributed by atoms with van der Waals surface area (Å²) in [6.07, 6.45) is 0.365. The zero-order chi connectivity index (χ0) is 12.4. The molecule has 0 aliphatic carbocycles. The highest BCUT2D eigenvalue weighted by molar-refractivity contribution is 9.09. The lowest BCUT2D eigenvalue weighted by Crippen LogP contribution is -1.98. The number of rotatable bonds is 3. The molecule has 0 saturated heterocycles. The molecule has 0 aliphatic heterocycles. The van der Waals surface area contributed by atoms with Crippen molar-refractivity contribution in [3.05, 3.63) is 56.7 Å². The lowest BCUT2D eigenvalue weighted by Gasteiger charge is -2.09. The minimum absolute atomic E-state index is 0.105. The number of alkyl halides is 1. The van der Waals surface area contributed by atoms with E-state index in [-0.39, 0.29) is 4.83 Å². The first-order valence-corrected chi connectivity index (χ1v) is 7.06. The fourth-order valence-corrected chi connectivity index (χ4v) is 3.74. The fraction of sp³-hybridized carbons (Fsp3) is 0.167. The van der Waals surface area contributed by atoms with E-state index in [1.807, 2.05) is 5.38 Å². The second kappa shape index (κ2) is 5.46. The van der Waals surface area contributed by atoms with E-state index in [4.69, 9.17) is 11.6 Å². The Kier molecular flexibility index (Phi) is 4.17. The largest absolute Gasteiger partial charge is 0.204 e. The van der Waals surface area contributed by atoms with Gasteiger partial charge in [-0.05, 0) is 29.5 Å². The van der Waals surface area contributed by atoms with Crippen molar-refractivity contribution >= 4 is 38.9 Å². The highest BCUT2D eigenvalue weighted by Crippen LogP contribution is 2.36. The van der Waals surface area contributed by atoms with Gasteiger partial charge in [0, 0.05) is 4.88 Å². The van der Waals surface area contributed by atoms with Crippen molar-refractivity contribution in [2.75, 3.05) is 0 Å². The van der Waals surface area contributed by atoms with Gasteiger partial charge in [0.15, 0.2) is 11.6 Å². The highest BCUT2D eigenvalue weighted by Gasteiger charge is 2.16. The first kappa shape index (κ1) is 13.0. The molecule has 0 amide bonds. The summed E-state index contributed by atoms with van der Waals surface area (Å²) in [5.74, 6) is -1.61. The van der Waals surface area contributed by atoms with Gasteiger partial charge in [0.2, 0.25) is 0 Å². The van der Waals surface area contributed by atoms with Crippen molar-refractivity contribution in [1.29, 1.82) is 0 Å². The summed E-state index contributed by atoms with van der Waals surface area (Å²) in [4.78, 5) is 0.821. The van der Waals surface area contributed by atoms with Crippen LogP contribution in [-0.4, -0.2) is 0 Å².